The van der Waals surface area contributed by atoms with Gasteiger partial charge in [-0.25, -0.2) is 8.42 Å². The van der Waals surface area contributed by atoms with Crippen LogP contribution in [0.25, 0.3) is 0 Å². The lowest BCUT2D eigenvalue weighted by Gasteiger charge is -2.26. The lowest BCUT2D eigenvalue weighted by molar-refractivity contribution is -0.122. The van der Waals surface area contributed by atoms with E-state index in [1.807, 2.05) is 13.8 Å². The van der Waals surface area contributed by atoms with Gasteiger partial charge in [-0.05, 0) is 30.5 Å². The fraction of sp³-hybridized carbons (Fsp3) is 0.529. The molecule has 0 aliphatic carbocycles. The molecule has 0 aromatic heterocycles. The van der Waals surface area contributed by atoms with Crippen molar-refractivity contribution in [3.8, 4) is 0 Å². The summed E-state index contributed by atoms with van der Waals surface area (Å²) in [5.74, 6) is -0.330. The Morgan fingerprint density at radius 3 is 2.67 bits per heavy atom. The minimum Gasteiger partial charge on any atom is -0.354 e. The van der Waals surface area contributed by atoms with Crippen LogP contribution in [-0.4, -0.2) is 56.8 Å². The van der Waals surface area contributed by atoms with Gasteiger partial charge in [0.1, 0.15) is 0 Å². The minimum absolute atomic E-state index is 0. The number of nitrogens with two attached hydrogens (primary N) is 1. The fourth-order valence-corrected chi connectivity index (χ4v) is 4.26. The smallest absolute Gasteiger partial charge is 0.251 e. The number of nitrogens with zero attached hydrogens (tertiary/aromatic N) is 1. The number of carbonyl (C=O) groups excluding carboxylic acids is 2. The van der Waals surface area contributed by atoms with Gasteiger partial charge in [0.2, 0.25) is 15.9 Å². The Bertz CT molecular complexity index is 770. The Balaban J connectivity index is 0.00000364. The summed E-state index contributed by atoms with van der Waals surface area (Å²) in [4.78, 5) is 23.9. The number of sulfonamides is 1. The van der Waals surface area contributed by atoms with Crippen LogP contribution in [0.2, 0.25) is 0 Å². The van der Waals surface area contributed by atoms with E-state index in [1.165, 1.54) is 18.2 Å². The first kappa shape index (κ1) is 23.4. The third-order valence-corrected chi connectivity index (χ3v) is 5.95. The maximum Gasteiger partial charge on any atom is 0.251 e. The number of nitrogens with one attached hydrogen (secondary N) is 2. The summed E-state index contributed by atoms with van der Waals surface area (Å²) in [7, 11) is -3.84. The molecular weight excluding hydrogens is 392 g/mol. The zero-order valence-corrected chi connectivity index (χ0v) is 17.1. The molecule has 1 fully saturated rings. The molecule has 8 nitrogen and oxygen atoms in total. The van der Waals surface area contributed by atoms with Gasteiger partial charge in [-0.3, -0.25) is 9.59 Å². The molecule has 1 heterocycles. The SMILES string of the molecule is CC(C)CC(CN)NC(=O)c1cccc(S(=O)(=O)N2CCNC(=O)C2)c1.Cl. The standard InChI is InChI=1S/C17H26N4O4S.ClH/c1-12(2)8-14(10-18)20-17(23)13-4-3-5-15(9-13)26(24,25)21-7-6-19-16(22)11-21;/h3-5,9,12,14H,6-8,10-11,18H2,1-2H3,(H,19,22)(H,20,23);1H. The van der Waals surface area contributed by atoms with Gasteiger partial charge in [0.15, 0.2) is 0 Å². The van der Waals surface area contributed by atoms with Crippen LogP contribution in [0.1, 0.15) is 30.6 Å². The summed E-state index contributed by atoms with van der Waals surface area (Å²) in [6.45, 7) is 4.64. The van der Waals surface area contributed by atoms with Gasteiger partial charge in [0.25, 0.3) is 5.91 Å². The van der Waals surface area contributed by atoms with E-state index >= 15 is 0 Å². The van der Waals surface area contributed by atoms with E-state index in [0.717, 1.165) is 10.7 Å². The molecule has 0 radical (unpaired) electrons. The summed E-state index contributed by atoms with van der Waals surface area (Å²) < 4.78 is 26.6. The van der Waals surface area contributed by atoms with Crippen LogP contribution in [-0.2, 0) is 14.8 Å². The zero-order chi connectivity index (χ0) is 19.3. The average Bonchev–Trinajstić information content (AvgIpc) is 2.60. The molecule has 1 unspecified atom stereocenters. The number of hydrogen-bond acceptors (Lipinski definition) is 5. The highest BCUT2D eigenvalue weighted by Gasteiger charge is 2.29. The highest BCUT2D eigenvalue weighted by atomic mass is 35.5. The summed E-state index contributed by atoms with van der Waals surface area (Å²) in [6, 6.07) is 5.66. The number of carbonyl (C=O) groups is 2. The lowest BCUT2D eigenvalue weighted by Crippen LogP contribution is -2.49. The summed E-state index contributed by atoms with van der Waals surface area (Å²) in [5, 5.41) is 5.43. The molecule has 1 aliphatic rings. The van der Waals surface area contributed by atoms with Crippen molar-refractivity contribution in [2.45, 2.75) is 31.2 Å². The first-order valence-electron chi connectivity index (χ1n) is 8.62. The minimum atomic E-state index is -3.84. The van der Waals surface area contributed by atoms with E-state index in [9.17, 15) is 18.0 Å². The molecule has 1 aromatic rings. The lowest BCUT2D eigenvalue weighted by atomic mass is 10.0. The first-order valence-corrected chi connectivity index (χ1v) is 10.1. The molecule has 0 saturated carbocycles. The molecule has 4 N–H and O–H groups in total. The Hall–Kier alpha value is -1.68. The summed E-state index contributed by atoms with van der Waals surface area (Å²) in [5.41, 5.74) is 5.95. The highest BCUT2D eigenvalue weighted by molar-refractivity contribution is 7.89. The second kappa shape index (κ2) is 10.0. The molecule has 152 valence electrons. The van der Waals surface area contributed by atoms with Crippen molar-refractivity contribution in [3.63, 3.8) is 0 Å². The summed E-state index contributed by atoms with van der Waals surface area (Å²) in [6.07, 6.45) is 0.739. The van der Waals surface area contributed by atoms with E-state index in [0.29, 0.717) is 12.5 Å². The molecule has 2 rings (SSSR count). The van der Waals surface area contributed by atoms with Crippen molar-refractivity contribution in [2.24, 2.45) is 11.7 Å². The van der Waals surface area contributed by atoms with Crippen molar-refractivity contribution in [1.29, 1.82) is 0 Å². The fourth-order valence-electron chi connectivity index (χ4n) is 2.82. The number of amides is 2. The van der Waals surface area contributed by atoms with E-state index < -0.39 is 10.0 Å². The van der Waals surface area contributed by atoms with Crippen LogP contribution in [0.3, 0.4) is 0 Å². The second-order valence-corrected chi connectivity index (χ2v) is 8.69. The van der Waals surface area contributed by atoms with Crippen LogP contribution in [0.5, 0.6) is 0 Å². The zero-order valence-electron chi connectivity index (χ0n) is 15.5. The van der Waals surface area contributed by atoms with Crippen LogP contribution in [0.15, 0.2) is 29.2 Å². The van der Waals surface area contributed by atoms with Gasteiger partial charge >= 0.3 is 0 Å². The summed E-state index contributed by atoms with van der Waals surface area (Å²) >= 11 is 0. The molecule has 1 atom stereocenters. The van der Waals surface area contributed by atoms with Gasteiger partial charge in [0.05, 0.1) is 11.4 Å². The monoisotopic (exact) mass is 418 g/mol. The number of halogens is 1. The second-order valence-electron chi connectivity index (χ2n) is 6.75. The van der Waals surface area contributed by atoms with Crippen molar-refractivity contribution >= 4 is 34.2 Å². The highest BCUT2D eigenvalue weighted by Crippen LogP contribution is 2.18. The molecule has 0 spiro atoms. The molecule has 1 saturated heterocycles. The average molecular weight is 419 g/mol. The van der Waals surface area contributed by atoms with Crippen LogP contribution < -0.4 is 16.4 Å². The van der Waals surface area contributed by atoms with Crippen molar-refractivity contribution in [2.75, 3.05) is 26.2 Å². The van der Waals surface area contributed by atoms with E-state index in [4.69, 9.17) is 5.73 Å². The predicted octanol–water partition coefficient (Wildman–Crippen LogP) is 0.332. The molecule has 1 aromatic carbocycles. The quantitative estimate of drug-likeness (QED) is 0.589. The normalized spacial score (nSPS) is 16.4. The topological polar surface area (TPSA) is 122 Å². The van der Waals surface area contributed by atoms with Gasteiger partial charge in [-0.1, -0.05) is 19.9 Å². The van der Waals surface area contributed by atoms with Crippen molar-refractivity contribution < 1.29 is 18.0 Å². The predicted molar refractivity (Wildman–Crippen MR) is 105 cm³/mol. The van der Waals surface area contributed by atoms with Gasteiger partial charge in [0, 0.05) is 31.2 Å². The van der Waals surface area contributed by atoms with E-state index in [-0.39, 0.29) is 60.4 Å². The maximum absolute atomic E-state index is 12.7. The third-order valence-electron chi connectivity index (χ3n) is 4.11. The van der Waals surface area contributed by atoms with Crippen LogP contribution >= 0.6 is 12.4 Å². The van der Waals surface area contributed by atoms with Gasteiger partial charge in [-0.2, -0.15) is 4.31 Å². The van der Waals surface area contributed by atoms with Gasteiger partial charge < -0.3 is 16.4 Å². The molecule has 1 aliphatic heterocycles. The van der Waals surface area contributed by atoms with Gasteiger partial charge in [-0.15, -0.1) is 12.4 Å². The number of hydrogen-bond donors (Lipinski definition) is 3. The number of rotatable bonds is 7. The molecule has 10 heteroatoms. The number of piperazine rings is 1. The van der Waals surface area contributed by atoms with Crippen molar-refractivity contribution in [1.82, 2.24) is 14.9 Å². The number of benzene rings is 1. The Morgan fingerprint density at radius 1 is 1.37 bits per heavy atom. The molecule has 0 bridgehead atoms. The van der Waals surface area contributed by atoms with Crippen LogP contribution in [0, 0.1) is 5.92 Å². The molecule has 2 amide bonds. The Labute approximate surface area is 166 Å². The molecule has 27 heavy (non-hydrogen) atoms. The maximum atomic E-state index is 12.7. The first-order chi connectivity index (χ1) is 12.2. The Kier molecular flexibility index (Phi) is 8.67. The Morgan fingerprint density at radius 2 is 2.07 bits per heavy atom. The largest absolute Gasteiger partial charge is 0.354 e. The van der Waals surface area contributed by atoms with Crippen molar-refractivity contribution in [3.05, 3.63) is 29.8 Å². The third kappa shape index (κ3) is 6.17. The van der Waals surface area contributed by atoms with E-state index in [1.54, 1.807) is 6.07 Å². The van der Waals surface area contributed by atoms with Crippen LogP contribution in [0.4, 0.5) is 0 Å². The molecular formula is C17H27ClN4O4S. The van der Waals surface area contributed by atoms with E-state index in [2.05, 4.69) is 10.6 Å².